The summed E-state index contributed by atoms with van der Waals surface area (Å²) in [6.45, 7) is 0. The number of esters is 1. The van der Waals surface area contributed by atoms with Crippen LogP contribution in [0.15, 0.2) is 18.2 Å². The molecule has 82 valence electrons. The Morgan fingerprint density at radius 2 is 2.13 bits per heavy atom. The lowest BCUT2D eigenvalue weighted by atomic mass is 10.1. The molecule has 0 atom stereocenters. The minimum Gasteiger partial charge on any atom is -0.495 e. The topological polar surface area (TPSA) is 35.5 Å². The van der Waals surface area contributed by atoms with Crippen LogP contribution in [-0.4, -0.2) is 20.2 Å². The van der Waals surface area contributed by atoms with E-state index in [1.54, 1.807) is 19.2 Å². The van der Waals surface area contributed by atoms with Crippen LogP contribution in [0, 0.1) is 0 Å². The summed E-state index contributed by atoms with van der Waals surface area (Å²) in [6.07, 6.45) is 0.982. The Morgan fingerprint density at radius 1 is 1.40 bits per heavy atom. The third-order valence-corrected chi connectivity index (χ3v) is 2.36. The molecule has 0 saturated heterocycles. The number of ether oxygens (including phenoxy) is 2. The lowest BCUT2D eigenvalue weighted by Gasteiger charge is -2.05. The van der Waals surface area contributed by atoms with Gasteiger partial charge in [-0.1, -0.05) is 17.7 Å². The van der Waals surface area contributed by atoms with E-state index in [2.05, 4.69) is 4.74 Å². The maximum Gasteiger partial charge on any atom is 0.305 e. The highest BCUT2D eigenvalue weighted by Gasteiger charge is 2.04. The smallest absolute Gasteiger partial charge is 0.305 e. The summed E-state index contributed by atoms with van der Waals surface area (Å²) in [7, 11) is 2.94. The van der Waals surface area contributed by atoms with Crippen molar-refractivity contribution < 1.29 is 14.3 Å². The fraction of sp³-hybridized carbons (Fsp3) is 0.364. The monoisotopic (exact) mass is 228 g/mol. The van der Waals surface area contributed by atoms with Crippen LogP contribution >= 0.6 is 11.6 Å². The first kappa shape index (κ1) is 11.9. The zero-order valence-electron chi connectivity index (χ0n) is 8.75. The van der Waals surface area contributed by atoms with Crippen molar-refractivity contribution in [2.75, 3.05) is 14.2 Å². The van der Waals surface area contributed by atoms with Crippen molar-refractivity contribution in [2.24, 2.45) is 0 Å². The van der Waals surface area contributed by atoms with Gasteiger partial charge in [-0.3, -0.25) is 4.79 Å². The molecule has 1 aromatic carbocycles. The Labute approximate surface area is 93.9 Å². The lowest BCUT2D eigenvalue weighted by Crippen LogP contribution is -2.01. The first-order valence-corrected chi connectivity index (χ1v) is 4.94. The molecule has 1 rings (SSSR count). The molecule has 0 aliphatic rings. The molecule has 0 spiro atoms. The SMILES string of the molecule is COC(=O)CCc1ccc(OC)c(Cl)c1. The minimum absolute atomic E-state index is 0.220. The number of rotatable bonds is 4. The van der Waals surface area contributed by atoms with Crippen molar-refractivity contribution in [2.45, 2.75) is 12.8 Å². The van der Waals surface area contributed by atoms with Gasteiger partial charge in [-0.2, -0.15) is 0 Å². The van der Waals surface area contributed by atoms with Crippen molar-refractivity contribution in [3.63, 3.8) is 0 Å². The van der Waals surface area contributed by atoms with Gasteiger partial charge in [-0.05, 0) is 24.1 Å². The number of benzene rings is 1. The summed E-state index contributed by atoms with van der Waals surface area (Å²) in [5.74, 6) is 0.417. The third-order valence-electron chi connectivity index (χ3n) is 2.06. The number of carbonyl (C=O) groups excluding carboxylic acids is 1. The van der Waals surface area contributed by atoms with Crippen molar-refractivity contribution >= 4 is 17.6 Å². The maximum atomic E-state index is 10.9. The Balaban J connectivity index is 2.63. The van der Waals surface area contributed by atoms with Crippen molar-refractivity contribution in [3.8, 4) is 5.75 Å². The number of methoxy groups -OCH3 is 2. The van der Waals surface area contributed by atoms with E-state index in [-0.39, 0.29) is 5.97 Å². The fourth-order valence-corrected chi connectivity index (χ4v) is 1.49. The van der Waals surface area contributed by atoms with Gasteiger partial charge in [0, 0.05) is 6.42 Å². The summed E-state index contributed by atoms with van der Waals surface area (Å²) in [6, 6.07) is 5.46. The zero-order valence-corrected chi connectivity index (χ0v) is 9.50. The molecular formula is C11H13ClO3. The van der Waals surface area contributed by atoms with Gasteiger partial charge in [0.25, 0.3) is 0 Å². The molecule has 0 aliphatic carbocycles. The second kappa shape index (κ2) is 5.61. The largest absolute Gasteiger partial charge is 0.495 e. The summed E-state index contributed by atoms with van der Waals surface area (Å²) in [5, 5.41) is 0.555. The van der Waals surface area contributed by atoms with Gasteiger partial charge in [-0.15, -0.1) is 0 Å². The van der Waals surface area contributed by atoms with E-state index in [1.165, 1.54) is 7.11 Å². The number of hydrogen-bond acceptors (Lipinski definition) is 3. The van der Waals surface area contributed by atoms with Crippen molar-refractivity contribution in [1.82, 2.24) is 0 Å². The predicted molar refractivity (Wildman–Crippen MR) is 58.3 cm³/mol. The highest BCUT2D eigenvalue weighted by Crippen LogP contribution is 2.25. The first-order chi connectivity index (χ1) is 7.17. The van der Waals surface area contributed by atoms with E-state index in [0.29, 0.717) is 23.6 Å². The van der Waals surface area contributed by atoms with Crippen LogP contribution in [0.5, 0.6) is 5.75 Å². The van der Waals surface area contributed by atoms with Gasteiger partial charge in [0.2, 0.25) is 0 Å². The number of carbonyl (C=O) groups is 1. The highest BCUT2D eigenvalue weighted by molar-refractivity contribution is 6.32. The summed E-state index contributed by atoms with van der Waals surface area (Å²) in [4.78, 5) is 10.9. The van der Waals surface area contributed by atoms with Gasteiger partial charge < -0.3 is 9.47 Å². The van der Waals surface area contributed by atoms with Gasteiger partial charge in [0.1, 0.15) is 5.75 Å². The molecule has 0 amide bonds. The normalized spacial score (nSPS) is 9.80. The van der Waals surface area contributed by atoms with Gasteiger partial charge in [0.05, 0.1) is 19.2 Å². The summed E-state index contributed by atoms with van der Waals surface area (Å²) >= 11 is 5.94. The molecule has 4 heteroatoms. The predicted octanol–water partition coefficient (Wildman–Crippen LogP) is 2.45. The molecule has 0 fully saturated rings. The first-order valence-electron chi connectivity index (χ1n) is 4.56. The average Bonchev–Trinajstić information content (AvgIpc) is 2.26. The zero-order chi connectivity index (χ0) is 11.3. The van der Waals surface area contributed by atoms with Gasteiger partial charge >= 0.3 is 5.97 Å². The average molecular weight is 229 g/mol. The van der Waals surface area contributed by atoms with Crippen LogP contribution < -0.4 is 4.74 Å². The van der Waals surface area contributed by atoms with Crippen LogP contribution in [0.4, 0.5) is 0 Å². The van der Waals surface area contributed by atoms with E-state index >= 15 is 0 Å². The molecule has 15 heavy (non-hydrogen) atoms. The fourth-order valence-electron chi connectivity index (χ4n) is 1.21. The quantitative estimate of drug-likeness (QED) is 0.743. The number of halogens is 1. The maximum absolute atomic E-state index is 10.9. The molecule has 0 aromatic heterocycles. The molecule has 1 aromatic rings. The second-order valence-corrected chi connectivity index (χ2v) is 3.45. The van der Waals surface area contributed by atoms with E-state index in [9.17, 15) is 4.79 Å². The van der Waals surface area contributed by atoms with E-state index in [1.807, 2.05) is 6.07 Å². The molecule has 0 radical (unpaired) electrons. The lowest BCUT2D eigenvalue weighted by molar-refractivity contribution is -0.140. The van der Waals surface area contributed by atoms with E-state index < -0.39 is 0 Å². The Kier molecular flexibility index (Phi) is 4.43. The second-order valence-electron chi connectivity index (χ2n) is 3.05. The minimum atomic E-state index is -0.220. The molecule has 0 N–H and O–H groups in total. The summed E-state index contributed by atoms with van der Waals surface area (Å²) in [5.41, 5.74) is 0.992. The molecule has 0 heterocycles. The molecule has 0 bridgehead atoms. The van der Waals surface area contributed by atoms with Crippen LogP contribution in [0.3, 0.4) is 0 Å². The van der Waals surface area contributed by atoms with Crippen LogP contribution in [-0.2, 0) is 16.0 Å². The van der Waals surface area contributed by atoms with Crippen molar-refractivity contribution in [1.29, 1.82) is 0 Å². The molecule has 3 nitrogen and oxygen atoms in total. The highest BCUT2D eigenvalue weighted by atomic mass is 35.5. The van der Waals surface area contributed by atoms with Crippen LogP contribution in [0.1, 0.15) is 12.0 Å². The van der Waals surface area contributed by atoms with Gasteiger partial charge in [0.15, 0.2) is 0 Å². The van der Waals surface area contributed by atoms with Crippen LogP contribution in [0.2, 0.25) is 5.02 Å². The van der Waals surface area contributed by atoms with Crippen LogP contribution in [0.25, 0.3) is 0 Å². The number of hydrogen-bond donors (Lipinski definition) is 0. The van der Waals surface area contributed by atoms with Gasteiger partial charge in [-0.25, -0.2) is 0 Å². The molecule has 0 unspecified atom stereocenters. The molecular weight excluding hydrogens is 216 g/mol. The Morgan fingerprint density at radius 3 is 2.67 bits per heavy atom. The number of aryl methyl sites for hydroxylation is 1. The van der Waals surface area contributed by atoms with E-state index in [0.717, 1.165) is 5.56 Å². The molecule has 0 aliphatic heterocycles. The Hall–Kier alpha value is -1.22. The Bertz CT molecular complexity index is 350. The summed E-state index contributed by atoms with van der Waals surface area (Å²) < 4.78 is 9.57. The van der Waals surface area contributed by atoms with Crippen molar-refractivity contribution in [3.05, 3.63) is 28.8 Å². The molecule has 0 saturated carbocycles. The van der Waals surface area contributed by atoms with E-state index in [4.69, 9.17) is 16.3 Å². The standard InChI is InChI=1S/C11H13ClO3/c1-14-10-5-3-8(7-9(10)12)4-6-11(13)15-2/h3,5,7H,4,6H2,1-2H3. The third kappa shape index (κ3) is 3.44.